The van der Waals surface area contributed by atoms with Gasteiger partial charge in [0.05, 0.1) is 15.8 Å². The first-order valence-corrected chi connectivity index (χ1v) is 16.3. The third kappa shape index (κ3) is 7.19. The highest BCUT2D eigenvalue weighted by Crippen LogP contribution is 2.29. The van der Waals surface area contributed by atoms with Gasteiger partial charge in [0.15, 0.2) is 0 Å². The number of aliphatic carboxylic acids is 1. The lowest BCUT2D eigenvalue weighted by atomic mass is 9.95. The molecule has 2 amide bonds. The molecule has 1 heterocycles. The highest BCUT2D eigenvalue weighted by Gasteiger charge is 2.30. The molecule has 11 nitrogen and oxygen atoms in total. The number of rotatable bonds is 9. The molecule has 1 atom stereocenters. The molecule has 0 saturated heterocycles. The number of carboxylic acid groups (broad SMARTS) is 1. The van der Waals surface area contributed by atoms with Crippen molar-refractivity contribution in [3.63, 3.8) is 0 Å². The van der Waals surface area contributed by atoms with Crippen molar-refractivity contribution < 1.29 is 23.1 Å². The number of carboxylic acids is 1. The van der Waals surface area contributed by atoms with Crippen molar-refractivity contribution in [1.82, 2.24) is 25.3 Å². The van der Waals surface area contributed by atoms with Gasteiger partial charge in [-0.25, -0.2) is 18.2 Å². The first-order valence-electron chi connectivity index (χ1n) is 14.8. The van der Waals surface area contributed by atoms with E-state index in [1.807, 2.05) is 27.7 Å². The van der Waals surface area contributed by atoms with E-state index in [-0.39, 0.29) is 34.6 Å². The number of H-pyrrole nitrogens is 1. The summed E-state index contributed by atoms with van der Waals surface area (Å²) in [5, 5.41) is 15.9. The van der Waals surface area contributed by atoms with Gasteiger partial charge in [-0.1, -0.05) is 25.3 Å². The van der Waals surface area contributed by atoms with Crippen LogP contribution in [0.2, 0.25) is 0 Å². The molecule has 0 spiro atoms. The van der Waals surface area contributed by atoms with E-state index < -0.39 is 27.6 Å². The zero-order valence-corrected chi connectivity index (χ0v) is 26.9. The number of fused-ring (bicyclic) bond motifs is 1. The number of nitrogens with one attached hydrogen (secondary N) is 4. The van der Waals surface area contributed by atoms with Gasteiger partial charge in [-0.05, 0) is 105 Å². The molecule has 1 saturated carbocycles. The summed E-state index contributed by atoms with van der Waals surface area (Å²) in [6, 6.07) is 3.35. The molecule has 1 aliphatic rings. The molecule has 2 aromatic carbocycles. The minimum Gasteiger partial charge on any atom is -0.480 e. The van der Waals surface area contributed by atoms with Crippen LogP contribution in [0.4, 0.5) is 4.79 Å². The quantitative estimate of drug-likeness (QED) is 0.235. The second kappa shape index (κ2) is 13.3. The molecule has 0 unspecified atom stereocenters. The fourth-order valence-electron chi connectivity index (χ4n) is 5.75. The molecule has 5 N–H and O–H groups in total. The average molecular weight is 624 g/mol. The van der Waals surface area contributed by atoms with Crippen LogP contribution >= 0.6 is 0 Å². The van der Waals surface area contributed by atoms with Gasteiger partial charge >= 0.3 is 12.0 Å². The summed E-state index contributed by atoms with van der Waals surface area (Å²) < 4.78 is 29.3. The lowest BCUT2D eigenvalue weighted by Crippen LogP contribution is -2.43. The minimum absolute atomic E-state index is 0.0309. The molecule has 0 radical (unpaired) electrons. The Hall–Kier alpha value is -4.03. The molecule has 12 heteroatoms. The Kier molecular flexibility index (Phi) is 9.94. The standard InChI is InChI=1S/C32H41N5O6S/c1-17(16-33-32(41)34-24-10-8-7-9-11-24)23-12-13-26-25(14-23)30(38)36-28(35-26)15-27(31(39)40)37-44(42,43)29-21(5)19(3)18(2)20(4)22(29)6/h12-14,16,24,27,37H,7-11,15H2,1-6H3,(H,39,40)(H2,33,34,41)(H,35,36,38)/t27-/m0/s1. The molecular weight excluding hydrogens is 582 g/mol. The fourth-order valence-corrected chi connectivity index (χ4v) is 7.54. The Balaban J connectivity index is 1.53. The first kappa shape index (κ1) is 32.9. The summed E-state index contributed by atoms with van der Waals surface area (Å²) in [6.45, 7) is 10.8. The molecule has 1 aliphatic carbocycles. The number of allylic oxidation sites excluding steroid dienone is 1. The minimum atomic E-state index is -4.23. The summed E-state index contributed by atoms with van der Waals surface area (Å²) >= 11 is 0. The summed E-state index contributed by atoms with van der Waals surface area (Å²) in [4.78, 5) is 44.6. The highest BCUT2D eigenvalue weighted by atomic mass is 32.2. The smallest absolute Gasteiger partial charge is 0.322 e. The number of aromatic nitrogens is 2. The van der Waals surface area contributed by atoms with Crippen LogP contribution in [0.25, 0.3) is 16.5 Å². The van der Waals surface area contributed by atoms with Crippen LogP contribution in [0.1, 0.15) is 78.2 Å². The van der Waals surface area contributed by atoms with Crippen LogP contribution in [0.15, 0.2) is 34.1 Å². The van der Waals surface area contributed by atoms with Gasteiger partial charge in [-0.3, -0.25) is 9.59 Å². The fraction of sp³-hybridized carbons (Fsp3) is 0.438. The van der Waals surface area contributed by atoms with E-state index in [2.05, 4.69) is 25.3 Å². The Morgan fingerprint density at radius 1 is 1.02 bits per heavy atom. The van der Waals surface area contributed by atoms with Crippen molar-refractivity contribution >= 4 is 38.5 Å². The van der Waals surface area contributed by atoms with Gasteiger partial charge in [0.2, 0.25) is 10.0 Å². The molecule has 0 aliphatic heterocycles. The molecule has 4 rings (SSSR count). The molecule has 1 aromatic heterocycles. The largest absolute Gasteiger partial charge is 0.480 e. The number of carbonyl (C=O) groups is 2. The van der Waals surface area contributed by atoms with Crippen LogP contribution in [0.5, 0.6) is 0 Å². The summed E-state index contributed by atoms with van der Waals surface area (Å²) in [7, 11) is -4.23. The van der Waals surface area contributed by atoms with Crippen LogP contribution in [-0.4, -0.2) is 47.6 Å². The number of benzene rings is 2. The van der Waals surface area contributed by atoms with E-state index in [9.17, 15) is 27.9 Å². The van der Waals surface area contributed by atoms with Crippen molar-refractivity contribution in [1.29, 1.82) is 0 Å². The number of carbonyl (C=O) groups excluding carboxylic acids is 1. The summed E-state index contributed by atoms with van der Waals surface area (Å²) in [5.74, 6) is -1.37. The van der Waals surface area contributed by atoms with Gasteiger partial charge in [0.1, 0.15) is 11.9 Å². The van der Waals surface area contributed by atoms with Gasteiger partial charge < -0.3 is 20.7 Å². The maximum absolute atomic E-state index is 13.5. The number of hydrogen-bond donors (Lipinski definition) is 5. The number of sulfonamides is 1. The molecule has 44 heavy (non-hydrogen) atoms. The topological polar surface area (TPSA) is 170 Å². The molecule has 3 aromatic rings. The Morgan fingerprint density at radius 2 is 1.64 bits per heavy atom. The highest BCUT2D eigenvalue weighted by molar-refractivity contribution is 7.89. The first-order chi connectivity index (χ1) is 20.7. The number of urea groups is 1. The summed E-state index contributed by atoms with van der Waals surface area (Å²) in [6.07, 6.45) is 6.58. The van der Waals surface area contributed by atoms with Crippen molar-refractivity contribution in [2.24, 2.45) is 0 Å². The lowest BCUT2D eigenvalue weighted by Gasteiger charge is -2.22. The van der Waals surface area contributed by atoms with E-state index in [0.717, 1.165) is 47.9 Å². The van der Waals surface area contributed by atoms with Crippen molar-refractivity contribution in [2.45, 2.75) is 97.0 Å². The predicted octanol–water partition coefficient (Wildman–Crippen LogP) is 4.43. The number of hydrogen-bond acceptors (Lipinski definition) is 6. The van der Waals surface area contributed by atoms with Crippen LogP contribution in [0, 0.1) is 34.6 Å². The van der Waals surface area contributed by atoms with E-state index in [1.165, 1.54) is 6.42 Å². The predicted molar refractivity (Wildman–Crippen MR) is 170 cm³/mol. The number of nitrogens with zero attached hydrogens (tertiary/aromatic N) is 1. The summed E-state index contributed by atoms with van der Waals surface area (Å²) in [5.41, 5.74) is 4.99. The van der Waals surface area contributed by atoms with E-state index in [4.69, 9.17) is 0 Å². The van der Waals surface area contributed by atoms with E-state index in [0.29, 0.717) is 22.2 Å². The zero-order chi connectivity index (χ0) is 32.3. The van der Waals surface area contributed by atoms with Crippen LogP contribution in [0.3, 0.4) is 0 Å². The third-order valence-electron chi connectivity index (χ3n) is 8.76. The normalized spacial score (nSPS) is 15.3. The molecular formula is C32H41N5O6S. The maximum atomic E-state index is 13.5. The third-order valence-corrected chi connectivity index (χ3v) is 10.5. The number of aromatic amines is 1. The molecule has 1 fully saturated rings. The Morgan fingerprint density at radius 3 is 2.25 bits per heavy atom. The van der Waals surface area contributed by atoms with Gasteiger partial charge in [0, 0.05) is 18.7 Å². The molecule has 236 valence electrons. The van der Waals surface area contributed by atoms with E-state index >= 15 is 0 Å². The van der Waals surface area contributed by atoms with Crippen LogP contribution in [-0.2, 0) is 21.2 Å². The second-order valence-electron chi connectivity index (χ2n) is 11.7. The van der Waals surface area contributed by atoms with Gasteiger partial charge in [0.25, 0.3) is 5.56 Å². The molecule has 0 bridgehead atoms. The average Bonchev–Trinajstić information content (AvgIpc) is 2.97. The van der Waals surface area contributed by atoms with Crippen molar-refractivity contribution in [2.75, 3.05) is 0 Å². The van der Waals surface area contributed by atoms with E-state index in [1.54, 1.807) is 38.2 Å². The lowest BCUT2D eigenvalue weighted by molar-refractivity contribution is -0.139. The van der Waals surface area contributed by atoms with Crippen molar-refractivity contribution in [3.8, 4) is 0 Å². The Labute approximate surface area is 257 Å². The maximum Gasteiger partial charge on any atom is 0.322 e. The Bertz CT molecular complexity index is 1780. The van der Waals surface area contributed by atoms with Gasteiger partial charge in [-0.2, -0.15) is 4.72 Å². The zero-order valence-electron chi connectivity index (χ0n) is 26.1. The monoisotopic (exact) mass is 623 g/mol. The van der Waals surface area contributed by atoms with Crippen LogP contribution < -0.4 is 20.9 Å². The SMILES string of the molecule is CC(=CNC(=O)NC1CCCCC1)c1ccc2nc(C[C@H](NS(=O)(=O)c3c(C)c(C)c(C)c(C)c3C)C(=O)O)[nH]c(=O)c2c1. The second-order valence-corrected chi connectivity index (χ2v) is 13.3. The van der Waals surface area contributed by atoms with Crippen molar-refractivity contribution in [3.05, 3.63) is 74.0 Å². The van der Waals surface area contributed by atoms with Gasteiger partial charge in [-0.15, -0.1) is 0 Å². The number of amides is 2.